The quantitative estimate of drug-likeness (QED) is 0.288. The number of hydrogen-bond acceptors (Lipinski definition) is 4. The number of nitrogens with two attached hydrogens (primary N) is 1. The zero-order valence-corrected chi connectivity index (χ0v) is 11.8. The van der Waals surface area contributed by atoms with E-state index in [2.05, 4.69) is 29.2 Å². The summed E-state index contributed by atoms with van der Waals surface area (Å²) in [5, 5.41) is 0. The van der Waals surface area contributed by atoms with Crippen molar-refractivity contribution in [2.24, 2.45) is 5.84 Å². The highest BCUT2D eigenvalue weighted by molar-refractivity contribution is 5.75. The van der Waals surface area contributed by atoms with E-state index in [1.165, 1.54) is 19.4 Å². The molecule has 1 aliphatic heterocycles. The summed E-state index contributed by atoms with van der Waals surface area (Å²) in [7, 11) is 2.18. The molecule has 1 heterocycles. The van der Waals surface area contributed by atoms with Crippen molar-refractivity contribution >= 4 is 5.91 Å². The largest absolute Gasteiger partial charge is 0.305 e. The predicted octanol–water partition coefficient (Wildman–Crippen LogP) is 0.563. The molecule has 0 bridgehead atoms. The highest BCUT2D eigenvalue weighted by Gasteiger charge is 2.23. The van der Waals surface area contributed by atoms with E-state index in [9.17, 15) is 4.79 Å². The van der Waals surface area contributed by atoms with Crippen molar-refractivity contribution in [3.8, 4) is 0 Å². The number of hydrogen-bond donors (Lipinski definition) is 2. The molecule has 0 saturated carbocycles. The third-order valence-corrected chi connectivity index (χ3v) is 3.78. The number of nitrogens with zero attached hydrogens (tertiary/aromatic N) is 2. The molecule has 0 aliphatic carbocycles. The number of carbonyl (C=O) groups excluding carboxylic acids is 1. The van der Waals surface area contributed by atoms with Crippen LogP contribution in [-0.4, -0.2) is 55.0 Å². The van der Waals surface area contributed by atoms with Gasteiger partial charge in [0.25, 0.3) is 0 Å². The first-order valence-electron chi connectivity index (χ1n) is 7.09. The zero-order chi connectivity index (χ0) is 13.4. The number of likely N-dealkylation sites (tertiary alicyclic amines) is 1. The maximum Gasteiger partial charge on any atom is 0.233 e. The average Bonchev–Trinajstić information content (AvgIpc) is 2.81. The molecule has 106 valence electrons. The van der Waals surface area contributed by atoms with E-state index in [-0.39, 0.29) is 5.91 Å². The molecular formula is C13H28N4O. The summed E-state index contributed by atoms with van der Waals surface area (Å²) in [5.41, 5.74) is 2.17. The Morgan fingerprint density at radius 1 is 1.50 bits per heavy atom. The molecule has 1 atom stereocenters. The SMILES string of the molecule is CCN1CCCC1CN(C)CCCCC(=O)NN. The van der Waals surface area contributed by atoms with Crippen LogP contribution in [0.5, 0.6) is 0 Å². The van der Waals surface area contributed by atoms with Gasteiger partial charge in [-0.05, 0) is 52.4 Å². The molecule has 1 amide bonds. The second-order valence-electron chi connectivity index (χ2n) is 5.21. The van der Waals surface area contributed by atoms with Gasteiger partial charge in [-0.25, -0.2) is 5.84 Å². The van der Waals surface area contributed by atoms with Gasteiger partial charge >= 0.3 is 0 Å². The van der Waals surface area contributed by atoms with Gasteiger partial charge in [0.1, 0.15) is 0 Å². The summed E-state index contributed by atoms with van der Waals surface area (Å²) in [5.74, 6) is 4.97. The van der Waals surface area contributed by atoms with Gasteiger partial charge in [-0.2, -0.15) is 0 Å². The Kier molecular flexibility index (Phi) is 7.23. The first-order valence-corrected chi connectivity index (χ1v) is 7.09. The van der Waals surface area contributed by atoms with Gasteiger partial charge in [0.05, 0.1) is 0 Å². The molecule has 5 nitrogen and oxygen atoms in total. The minimum Gasteiger partial charge on any atom is -0.305 e. The molecule has 1 rings (SSSR count). The standard InChI is InChI=1S/C13H28N4O/c1-3-17-10-6-7-12(17)11-16(2)9-5-4-8-13(18)15-14/h12H,3-11,14H2,1-2H3,(H,15,18). The molecule has 3 N–H and O–H groups in total. The highest BCUT2D eigenvalue weighted by Crippen LogP contribution is 2.17. The maximum absolute atomic E-state index is 11.0. The van der Waals surface area contributed by atoms with Crippen molar-refractivity contribution in [2.45, 2.75) is 45.1 Å². The molecule has 5 heteroatoms. The van der Waals surface area contributed by atoms with Crippen molar-refractivity contribution in [1.82, 2.24) is 15.2 Å². The normalized spacial score (nSPS) is 20.6. The second kappa shape index (κ2) is 8.45. The summed E-state index contributed by atoms with van der Waals surface area (Å²) < 4.78 is 0. The fraction of sp³-hybridized carbons (Fsp3) is 0.923. The van der Waals surface area contributed by atoms with E-state index in [4.69, 9.17) is 5.84 Å². The fourth-order valence-electron chi connectivity index (χ4n) is 2.71. The van der Waals surface area contributed by atoms with Crippen LogP contribution >= 0.6 is 0 Å². The lowest BCUT2D eigenvalue weighted by Crippen LogP contribution is -2.39. The number of carbonyl (C=O) groups is 1. The van der Waals surface area contributed by atoms with Gasteiger partial charge in [-0.1, -0.05) is 6.92 Å². The van der Waals surface area contributed by atoms with Crippen LogP contribution in [-0.2, 0) is 4.79 Å². The third-order valence-electron chi connectivity index (χ3n) is 3.78. The van der Waals surface area contributed by atoms with Gasteiger partial charge in [0, 0.05) is 19.0 Å². The number of hydrazine groups is 1. The predicted molar refractivity (Wildman–Crippen MR) is 73.9 cm³/mol. The van der Waals surface area contributed by atoms with Gasteiger partial charge in [-0.3, -0.25) is 15.1 Å². The molecule has 0 radical (unpaired) electrons. The van der Waals surface area contributed by atoms with Crippen molar-refractivity contribution in [3.05, 3.63) is 0 Å². The summed E-state index contributed by atoms with van der Waals surface area (Å²) in [4.78, 5) is 15.9. The first kappa shape index (κ1) is 15.4. The Bertz CT molecular complexity index is 247. The van der Waals surface area contributed by atoms with Crippen molar-refractivity contribution in [3.63, 3.8) is 0 Å². The molecule has 1 saturated heterocycles. The first-order chi connectivity index (χ1) is 8.67. The Labute approximate surface area is 111 Å². The maximum atomic E-state index is 11.0. The molecule has 1 aliphatic rings. The van der Waals surface area contributed by atoms with E-state index < -0.39 is 0 Å². The lowest BCUT2D eigenvalue weighted by atomic mass is 10.2. The molecule has 1 fully saturated rings. The monoisotopic (exact) mass is 256 g/mol. The van der Waals surface area contributed by atoms with E-state index in [0.717, 1.165) is 38.5 Å². The number of unbranched alkanes of at least 4 members (excludes halogenated alkanes) is 1. The lowest BCUT2D eigenvalue weighted by molar-refractivity contribution is -0.121. The number of rotatable bonds is 8. The van der Waals surface area contributed by atoms with E-state index in [1.54, 1.807) is 0 Å². The molecule has 0 aromatic carbocycles. The summed E-state index contributed by atoms with van der Waals surface area (Å²) >= 11 is 0. The lowest BCUT2D eigenvalue weighted by Gasteiger charge is -2.27. The molecule has 1 unspecified atom stereocenters. The molecular weight excluding hydrogens is 228 g/mol. The van der Waals surface area contributed by atoms with Gasteiger partial charge in [0.2, 0.25) is 5.91 Å². The summed E-state index contributed by atoms with van der Waals surface area (Å²) in [6.45, 7) is 6.87. The third kappa shape index (κ3) is 5.33. The topological polar surface area (TPSA) is 61.6 Å². The molecule has 18 heavy (non-hydrogen) atoms. The van der Waals surface area contributed by atoms with Crippen molar-refractivity contribution < 1.29 is 4.79 Å². The van der Waals surface area contributed by atoms with Gasteiger partial charge < -0.3 is 4.90 Å². The molecule has 0 aromatic heterocycles. The fourth-order valence-corrected chi connectivity index (χ4v) is 2.71. The smallest absolute Gasteiger partial charge is 0.233 e. The van der Waals surface area contributed by atoms with E-state index in [1.807, 2.05) is 0 Å². The van der Waals surface area contributed by atoms with E-state index in [0.29, 0.717) is 6.42 Å². The minimum absolute atomic E-state index is 0.0643. The number of nitrogens with one attached hydrogen (secondary N) is 1. The van der Waals surface area contributed by atoms with Gasteiger partial charge in [-0.15, -0.1) is 0 Å². The van der Waals surface area contributed by atoms with Crippen LogP contribution in [0.4, 0.5) is 0 Å². The zero-order valence-electron chi connectivity index (χ0n) is 11.8. The molecule has 0 aromatic rings. The van der Waals surface area contributed by atoms with Crippen molar-refractivity contribution in [2.75, 3.05) is 33.2 Å². The minimum atomic E-state index is -0.0643. The van der Waals surface area contributed by atoms with Crippen LogP contribution in [0.2, 0.25) is 0 Å². The Hall–Kier alpha value is -0.650. The number of amides is 1. The van der Waals surface area contributed by atoms with Crippen LogP contribution in [0.25, 0.3) is 0 Å². The second-order valence-corrected chi connectivity index (χ2v) is 5.21. The van der Waals surface area contributed by atoms with Crippen LogP contribution in [0.3, 0.4) is 0 Å². The van der Waals surface area contributed by atoms with Crippen LogP contribution in [0.1, 0.15) is 39.0 Å². The summed E-state index contributed by atoms with van der Waals surface area (Å²) in [6.07, 6.45) is 5.17. The van der Waals surface area contributed by atoms with Crippen molar-refractivity contribution in [1.29, 1.82) is 0 Å². The summed E-state index contributed by atoms with van der Waals surface area (Å²) in [6, 6.07) is 0.729. The van der Waals surface area contributed by atoms with Gasteiger partial charge in [0.15, 0.2) is 0 Å². The van der Waals surface area contributed by atoms with Crippen LogP contribution in [0, 0.1) is 0 Å². The Balaban J connectivity index is 2.09. The highest BCUT2D eigenvalue weighted by atomic mass is 16.2. The van der Waals surface area contributed by atoms with Crippen LogP contribution in [0.15, 0.2) is 0 Å². The Morgan fingerprint density at radius 2 is 2.28 bits per heavy atom. The number of likely N-dealkylation sites (N-methyl/N-ethyl adjacent to an activating group) is 2. The van der Waals surface area contributed by atoms with E-state index >= 15 is 0 Å². The Morgan fingerprint density at radius 3 is 2.94 bits per heavy atom. The van der Waals surface area contributed by atoms with Crippen LogP contribution < -0.4 is 11.3 Å². The molecule has 0 spiro atoms. The average molecular weight is 256 g/mol.